The number of carbonyl (C=O) groups is 2. The predicted octanol–water partition coefficient (Wildman–Crippen LogP) is 1.39. The van der Waals surface area contributed by atoms with Crippen LogP contribution in [-0.4, -0.2) is 54.4 Å². The van der Waals surface area contributed by atoms with Crippen molar-refractivity contribution in [3.63, 3.8) is 0 Å². The molecule has 2 aromatic rings. The molecule has 0 bridgehead atoms. The minimum atomic E-state index is -1.03. The molecule has 9 nitrogen and oxygen atoms in total. The van der Waals surface area contributed by atoms with E-state index in [1.165, 1.54) is 24.8 Å². The molecule has 1 amide bonds. The molecule has 0 aliphatic carbocycles. The van der Waals surface area contributed by atoms with Gasteiger partial charge in [0.15, 0.2) is 17.2 Å². The third kappa shape index (κ3) is 3.98. The highest BCUT2D eigenvalue weighted by atomic mass is 19.1. The number of hydrogen-bond acceptors (Lipinski definition) is 7. The maximum atomic E-state index is 14.0. The molecule has 2 aliphatic heterocycles. The summed E-state index contributed by atoms with van der Waals surface area (Å²) in [7, 11) is 1.41. The van der Waals surface area contributed by atoms with Gasteiger partial charge < -0.3 is 24.9 Å². The number of pyridine rings is 1. The van der Waals surface area contributed by atoms with Crippen LogP contribution in [0.2, 0.25) is 0 Å². The van der Waals surface area contributed by atoms with E-state index in [2.05, 4.69) is 5.32 Å². The van der Waals surface area contributed by atoms with Gasteiger partial charge in [-0.3, -0.25) is 19.1 Å². The highest BCUT2D eigenvalue weighted by Gasteiger charge is 2.42. The molecule has 11 heteroatoms. The van der Waals surface area contributed by atoms with E-state index >= 15 is 0 Å². The molecule has 1 saturated heterocycles. The van der Waals surface area contributed by atoms with Gasteiger partial charge in [0.1, 0.15) is 23.3 Å². The SMILES string of the molecule is COC1CN(C2CCOC2)n2c(C(C)=O)c(O)c(=O)c(C(=O)NCc3ccc(F)cc3F)c21. The highest BCUT2D eigenvalue weighted by Crippen LogP contribution is 2.34. The summed E-state index contributed by atoms with van der Waals surface area (Å²) in [5.74, 6) is -3.92. The van der Waals surface area contributed by atoms with E-state index in [4.69, 9.17) is 9.47 Å². The second-order valence-corrected chi connectivity index (χ2v) is 7.94. The van der Waals surface area contributed by atoms with Gasteiger partial charge in [0, 0.05) is 38.8 Å². The Balaban J connectivity index is 1.80. The fraction of sp³-hybridized carbons (Fsp3) is 0.409. The Bertz CT molecular complexity index is 1180. The van der Waals surface area contributed by atoms with E-state index in [9.17, 15) is 28.3 Å². The van der Waals surface area contributed by atoms with E-state index in [0.29, 0.717) is 25.7 Å². The lowest BCUT2D eigenvalue weighted by molar-refractivity contribution is 0.0921. The number of halogens is 2. The minimum absolute atomic E-state index is 0.0131. The number of ether oxygens (including phenoxy) is 2. The summed E-state index contributed by atoms with van der Waals surface area (Å²) >= 11 is 0. The van der Waals surface area contributed by atoms with Gasteiger partial charge in [-0.1, -0.05) is 6.07 Å². The Labute approximate surface area is 187 Å². The van der Waals surface area contributed by atoms with Gasteiger partial charge in [0.25, 0.3) is 5.91 Å². The van der Waals surface area contributed by atoms with Crippen molar-refractivity contribution in [1.82, 2.24) is 9.99 Å². The summed E-state index contributed by atoms with van der Waals surface area (Å²) in [6, 6.07) is 2.75. The van der Waals surface area contributed by atoms with Crippen molar-refractivity contribution in [2.24, 2.45) is 0 Å². The van der Waals surface area contributed by atoms with Gasteiger partial charge >= 0.3 is 0 Å². The van der Waals surface area contributed by atoms with E-state index in [0.717, 1.165) is 6.07 Å². The normalized spacial score (nSPS) is 19.6. The number of benzene rings is 1. The summed E-state index contributed by atoms with van der Waals surface area (Å²) in [5, 5.41) is 14.8. The van der Waals surface area contributed by atoms with Gasteiger partial charge in [-0.2, -0.15) is 0 Å². The maximum Gasteiger partial charge on any atom is 0.257 e. The van der Waals surface area contributed by atoms with Crippen LogP contribution < -0.4 is 15.8 Å². The van der Waals surface area contributed by atoms with Crippen LogP contribution in [-0.2, 0) is 16.0 Å². The number of Topliss-reactive ketones (excluding diaryl/α,β-unsaturated/α-hetero) is 1. The summed E-state index contributed by atoms with van der Waals surface area (Å²) in [5.41, 5.74) is -1.56. The van der Waals surface area contributed by atoms with Gasteiger partial charge in [0.2, 0.25) is 5.43 Å². The first-order chi connectivity index (χ1) is 15.7. The van der Waals surface area contributed by atoms with Crippen LogP contribution >= 0.6 is 0 Å². The van der Waals surface area contributed by atoms with Gasteiger partial charge in [-0.15, -0.1) is 0 Å². The summed E-state index contributed by atoms with van der Waals surface area (Å²) in [6.07, 6.45) is -0.105. The number of aromatic hydroxyl groups is 1. The third-order valence-corrected chi connectivity index (χ3v) is 5.90. The monoisotopic (exact) mass is 463 g/mol. The highest BCUT2D eigenvalue weighted by molar-refractivity contribution is 6.00. The molecule has 0 spiro atoms. The number of methoxy groups -OCH3 is 1. The second-order valence-electron chi connectivity index (χ2n) is 7.94. The Morgan fingerprint density at radius 3 is 2.70 bits per heavy atom. The van der Waals surface area contributed by atoms with E-state index in [1.54, 1.807) is 5.01 Å². The molecule has 1 aromatic heterocycles. The van der Waals surface area contributed by atoms with Crippen molar-refractivity contribution in [2.45, 2.75) is 32.0 Å². The van der Waals surface area contributed by atoms with Crippen molar-refractivity contribution in [3.05, 3.63) is 62.6 Å². The maximum absolute atomic E-state index is 14.0. The molecule has 176 valence electrons. The minimum Gasteiger partial charge on any atom is -0.503 e. The van der Waals surface area contributed by atoms with Crippen LogP contribution in [0.15, 0.2) is 23.0 Å². The molecule has 1 fully saturated rings. The number of carbonyl (C=O) groups excluding carboxylic acids is 2. The lowest BCUT2D eigenvalue weighted by Gasteiger charge is -2.29. The van der Waals surface area contributed by atoms with Crippen LogP contribution in [0.5, 0.6) is 5.75 Å². The van der Waals surface area contributed by atoms with E-state index < -0.39 is 46.2 Å². The van der Waals surface area contributed by atoms with Crippen molar-refractivity contribution in [3.8, 4) is 5.75 Å². The lowest BCUT2D eigenvalue weighted by atomic mass is 10.1. The number of rotatable bonds is 6. The fourth-order valence-electron chi connectivity index (χ4n) is 4.29. The Morgan fingerprint density at radius 1 is 1.33 bits per heavy atom. The third-order valence-electron chi connectivity index (χ3n) is 5.90. The topological polar surface area (TPSA) is 110 Å². The van der Waals surface area contributed by atoms with Crippen LogP contribution in [0, 0.1) is 11.6 Å². The Morgan fingerprint density at radius 2 is 2.09 bits per heavy atom. The second kappa shape index (κ2) is 8.91. The quantitative estimate of drug-likeness (QED) is 0.623. The molecule has 33 heavy (non-hydrogen) atoms. The molecular weight excluding hydrogens is 440 g/mol. The molecular formula is C22H23F2N3O6. The number of nitrogens with one attached hydrogen (secondary N) is 1. The summed E-state index contributed by atoms with van der Waals surface area (Å²) < 4.78 is 39.5. The van der Waals surface area contributed by atoms with E-state index in [-0.39, 0.29) is 36.1 Å². The molecule has 3 heterocycles. The van der Waals surface area contributed by atoms with Crippen molar-refractivity contribution < 1.29 is 33.0 Å². The summed E-state index contributed by atoms with van der Waals surface area (Å²) in [6.45, 7) is 1.98. The number of amides is 1. The van der Waals surface area contributed by atoms with Crippen LogP contribution in [0.4, 0.5) is 8.78 Å². The molecule has 0 saturated carbocycles. The standard InChI is InChI=1S/C22H23F2N3O6/c1-11(28)18-21(30)20(29)17(22(31)25-8-12-3-4-13(23)7-15(12)24)19-16(32-2)9-26(27(18)19)14-5-6-33-10-14/h3-4,7,14,16,30H,5-6,8-10H2,1-2H3,(H,25,31). The van der Waals surface area contributed by atoms with Crippen LogP contribution in [0.1, 0.15) is 51.6 Å². The van der Waals surface area contributed by atoms with Gasteiger partial charge in [-0.05, 0) is 12.5 Å². The molecule has 2 unspecified atom stereocenters. The molecule has 1 aromatic carbocycles. The molecule has 2 N–H and O–H groups in total. The Hall–Kier alpha value is -3.31. The van der Waals surface area contributed by atoms with Crippen molar-refractivity contribution in [1.29, 1.82) is 0 Å². The fourth-order valence-corrected chi connectivity index (χ4v) is 4.29. The average Bonchev–Trinajstić information content (AvgIpc) is 3.41. The first-order valence-electron chi connectivity index (χ1n) is 10.4. The average molecular weight is 463 g/mol. The van der Waals surface area contributed by atoms with Gasteiger partial charge in [-0.25, -0.2) is 8.78 Å². The zero-order chi connectivity index (χ0) is 23.9. The molecule has 0 radical (unpaired) electrons. The van der Waals surface area contributed by atoms with Gasteiger partial charge in [0.05, 0.1) is 24.9 Å². The number of ketones is 1. The van der Waals surface area contributed by atoms with Crippen molar-refractivity contribution in [2.75, 3.05) is 31.9 Å². The number of fused-ring (bicyclic) bond motifs is 1. The number of hydrogen-bond donors (Lipinski definition) is 2. The first-order valence-corrected chi connectivity index (χ1v) is 10.4. The number of nitrogens with zero attached hydrogens (tertiary/aromatic N) is 2. The lowest BCUT2D eigenvalue weighted by Crippen LogP contribution is -2.44. The van der Waals surface area contributed by atoms with Crippen molar-refractivity contribution >= 4 is 11.7 Å². The van der Waals surface area contributed by atoms with Crippen LogP contribution in [0.3, 0.4) is 0 Å². The largest absolute Gasteiger partial charge is 0.503 e. The molecule has 2 aliphatic rings. The number of aromatic nitrogens is 1. The predicted molar refractivity (Wildman–Crippen MR) is 112 cm³/mol. The molecule has 4 rings (SSSR count). The molecule has 2 atom stereocenters. The Kier molecular flexibility index (Phi) is 6.17. The smallest absolute Gasteiger partial charge is 0.257 e. The zero-order valence-corrected chi connectivity index (χ0v) is 18.1. The summed E-state index contributed by atoms with van der Waals surface area (Å²) in [4.78, 5) is 38.5. The van der Waals surface area contributed by atoms with E-state index in [1.807, 2.05) is 0 Å². The zero-order valence-electron chi connectivity index (χ0n) is 18.1. The van der Waals surface area contributed by atoms with Crippen LogP contribution in [0.25, 0.3) is 0 Å². The first kappa shape index (κ1) is 22.9.